The molecule has 9 nitrogen and oxygen atoms in total. The molecule has 3 aliphatic heterocycles. The van der Waals surface area contributed by atoms with Gasteiger partial charge in [-0.25, -0.2) is 0 Å². The average molecular weight is 557 g/mol. The molecule has 0 unspecified atom stereocenters. The van der Waals surface area contributed by atoms with E-state index in [1.54, 1.807) is 0 Å². The van der Waals surface area contributed by atoms with E-state index in [1.165, 1.54) is 25.3 Å². The Hall–Kier alpha value is -3.85. The van der Waals surface area contributed by atoms with E-state index in [9.17, 15) is 9.90 Å². The van der Waals surface area contributed by atoms with Crippen LogP contribution in [0.3, 0.4) is 0 Å². The highest BCUT2D eigenvalue weighted by Gasteiger charge is 2.29. The van der Waals surface area contributed by atoms with Crippen LogP contribution in [-0.4, -0.2) is 89.2 Å². The lowest BCUT2D eigenvalue weighted by Crippen LogP contribution is -2.49. The van der Waals surface area contributed by atoms with Crippen molar-refractivity contribution in [1.82, 2.24) is 19.8 Å². The first-order valence-electron chi connectivity index (χ1n) is 14.9. The van der Waals surface area contributed by atoms with Gasteiger partial charge in [-0.2, -0.15) is 9.97 Å². The molecule has 0 radical (unpaired) electrons. The molecule has 1 amide bonds. The van der Waals surface area contributed by atoms with Crippen molar-refractivity contribution in [2.24, 2.45) is 0 Å². The number of hydrogen-bond donors (Lipinski definition) is 1. The van der Waals surface area contributed by atoms with E-state index >= 15 is 0 Å². The second-order valence-corrected chi connectivity index (χ2v) is 11.4. The number of aromatic hydroxyl groups is 1. The molecule has 0 spiro atoms. The maximum absolute atomic E-state index is 12.2. The number of anilines is 2. The molecule has 6 rings (SSSR count). The lowest BCUT2D eigenvalue weighted by molar-refractivity contribution is -0.126. The Labute approximate surface area is 242 Å². The third-order valence-corrected chi connectivity index (χ3v) is 8.52. The molecule has 3 aromatic rings. The molecule has 2 fully saturated rings. The van der Waals surface area contributed by atoms with Gasteiger partial charge in [-0.3, -0.25) is 9.69 Å². The number of piperazine rings is 1. The number of rotatable bonds is 7. The highest BCUT2D eigenvalue weighted by Crippen LogP contribution is 2.36. The number of carbonyl (C=O) groups excluding carboxylic acids is 1. The van der Waals surface area contributed by atoms with Crippen LogP contribution in [0.5, 0.6) is 11.8 Å². The van der Waals surface area contributed by atoms with Gasteiger partial charge >= 0.3 is 6.01 Å². The number of nitrogens with zero attached hydrogens (tertiary/aromatic N) is 6. The zero-order valence-electron chi connectivity index (χ0n) is 24.0. The third-order valence-electron chi connectivity index (χ3n) is 8.52. The summed E-state index contributed by atoms with van der Waals surface area (Å²) in [5.41, 5.74) is 3.10. The number of phenols is 1. The van der Waals surface area contributed by atoms with Gasteiger partial charge < -0.3 is 24.5 Å². The summed E-state index contributed by atoms with van der Waals surface area (Å²) >= 11 is 0. The number of ether oxygens (including phenoxy) is 1. The highest BCUT2D eigenvalue weighted by molar-refractivity contribution is 5.95. The molecule has 3 aliphatic rings. The minimum absolute atomic E-state index is 0.0288. The molecule has 9 heteroatoms. The minimum atomic E-state index is -0.0317. The van der Waals surface area contributed by atoms with Crippen molar-refractivity contribution < 1.29 is 14.6 Å². The maximum Gasteiger partial charge on any atom is 0.318 e. The van der Waals surface area contributed by atoms with Gasteiger partial charge in [0.2, 0.25) is 5.91 Å². The fourth-order valence-electron chi connectivity index (χ4n) is 6.44. The predicted octanol–water partition coefficient (Wildman–Crippen LogP) is 3.99. The van der Waals surface area contributed by atoms with Gasteiger partial charge in [0.05, 0.1) is 12.2 Å². The molecule has 1 atom stereocenters. The smallest absolute Gasteiger partial charge is 0.318 e. The third kappa shape index (κ3) is 5.95. The van der Waals surface area contributed by atoms with Crippen LogP contribution in [0.25, 0.3) is 10.8 Å². The molecule has 2 saturated heterocycles. The molecule has 41 heavy (non-hydrogen) atoms. The summed E-state index contributed by atoms with van der Waals surface area (Å²) in [6.07, 6.45) is 5.93. The van der Waals surface area contributed by atoms with E-state index < -0.39 is 0 Å². The Kier molecular flexibility index (Phi) is 7.96. The first-order valence-corrected chi connectivity index (χ1v) is 14.9. The first kappa shape index (κ1) is 27.3. The molecule has 0 bridgehead atoms. The number of fused-ring (bicyclic) bond motifs is 2. The van der Waals surface area contributed by atoms with Crippen LogP contribution in [0.4, 0.5) is 11.5 Å². The topological polar surface area (TPSA) is 85.3 Å². The van der Waals surface area contributed by atoms with Gasteiger partial charge in [-0.1, -0.05) is 37.3 Å². The lowest BCUT2D eigenvalue weighted by Gasteiger charge is -2.38. The quantitative estimate of drug-likeness (QED) is 0.438. The van der Waals surface area contributed by atoms with Crippen LogP contribution < -0.4 is 14.5 Å². The second-order valence-electron chi connectivity index (χ2n) is 11.4. The van der Waals surface area contributed by atoms with Crippen molar-refractivity contribution in [3.8, 4) is 11.8 Å². The molecule has 4 heterocycles. The van der Waals surface area contributed by atoms with Gasteiger partial charge in [-0.05, 0) is 56.8 Å². The van der Waals surface area contributed by atoms with E-state index in [4.69, 9.17) is 14.7 Å². The van der Waals surface area contributed by atoms with E-state index in [-0.39, 0.29) is 17.8 Å². The van der Waals surface area contributed by atoms with Crippen molar-refractivity contribution in [3.05, 3.63) is 60.3 Å². The van der Waals surface area contributed by atoms with Crippen molar-refractivity contribution in [3.63, 3.8) is 0 Å². The molecule has 1 N–H and O–H groups in total. The number of likely N-dealkylation sites (tertiary alicyclic amines) is 1. The number of phenolic OH excluding ortho intramolecular Hbond substituents is 1. The summed E-state index contributed by atoms with van der Waals surface area (Å²) in [5, 5.41) is 12.6. The molecule has 2 aromatic carbocycles. The summed E-state index contributed by atoms with van der Waals surface area (Å²) in [6.45, 7) is 12.9. The van der Waals surface area contributed by atoms with Crippen molar-refractivity contribution >= 4 is 28.2 Å². The molecule has 216 valence electrons. The van der Waals surface area contributed by atoms with Crippen LogP contribution in [0.2, 0.25) is 0 Å². The van der Waals surface area contributed by atoms with Crippen molar-refractivity contribution in [2.75, 3.05) is 62.2 Å². The lowest BCUT2D eigenvalue weighted by atomic mass is 10.0. The number of amides is 1. The number of hydrogen-bond acceptors (Lipinski definition) is 8. The van der Waals surface area contributed by atoms with Crippen LogP contribution >= 0.6 is 0 Å². The fraction of sp³-hybridized carbons (Fsp3) is 0.469. The number of carbonyl (C=O) groups is 1. The summed E-state index contributed by atoms with van der Waals surface area (Å²) in [5.74, 6) is 1.15. The van der Waals surface area contributed by atoms with Gasteiger partial charge in [0.25, 0.3) is 0 Å². The Balaban J connectivity index is 1.29. The molecular formula is C32H40N6O3. The van der Waals surface area contributed by atoms with Gasteiger partial charge in [0.15, 0.2) is 0 Å². The Bertz CT molecular complexity index is 1410. The Morgan fingerprint density at radius 3 is 2.59 bits per heavy atom. The fourth-order valence-corrected chi connectivity index (χ4v) is 6.44. The number of aromatic nitrogens is 2. The normalized spacial score (nSPS) is 18.7. The Morgan fingerprint density at radius 1 is 1.02 bits per heavy atom. The van der Waals surface area contributed by atoms with Crippen molar-refractivity contribution in [1.29, 1.82) is 0 Å². The largest absolute Gasteiger partial charge is 0.508 e. The molecule has 0 aliphatic carbocycles. The van der Waals surface area contributed by atoms with Crippen LogP contribution in [0.1, 0.15) is 37.4 Å². The number of benzene rings is 2. The Morgan fingerprint density at radius 2 is 1.80 bits per heavy atom. The zero-order chi connectivity index (χ0) is 28.3. The van der Waals surface area contributed by atoms with Gasteiger partial charge in [0.1, 0.15) is 17.7 Å². The first-order chi connectivity index (χ1) is 20.0. The van der Waals surface area contributed by atoms with Crippen LogP contribution in [0, 0.1) is 0 Å². The van der Waals surface area contributed by atoms with E-state index in [1.807, 2.05) is 35.2 Å². The van der Waals surface area contributed by atoms with E-state index in [0.717, 1.165) is 66.1 Å². The van der Waals surface area contributed by atoms with Gasteiger partial charge in [-0.15, -0.1) is 0 Å². The molecular weight excluding hydrogens is 516 g/mol. The standard InChI is InChI=1S/C32H40N6O3/c1-3-30(40)36-15-17-37(18-16-36)31-27-11-14-38(29-20-25(39)19-24-9-5-6-10-26(24)29)22-28(27)33-32(34-31)41-23(2)21-35-12-7-4-8-13-35/h3,5-6,9-10,19-20,23,39H,1,4,7-8,11-18,21-22H2,2H3/t23-/m1/s1. The van der Waals surface area contributed by atoms with Crippen LogP contribution in [-0.2, 0) is 17.8 Å². The summed E-state index contributed by atoms with van der Waals surface area (Å²) in [7, 11) is 0. The van der Waals surface area contributed by atoms with Crippen molar-refractivity contribution in [2.45, 2.75) is 45.3 Å². The highest BCUT2D eigenvalue weighted by atomic mass is 16.5. The summed E-state index contributed by atoms with van der Waals surface area (Å²) in [4.78, 5) is 31.0. The predicted molar refractivity (Wildman–Crippen MR) is 162 cm³/mol. The van der Waals surface area contributed by atoms with E-state index in [2.05, 4.69) is 34.3 Å². The number of piperidine rings is 1. The van der Waals surface area contributed by atoms with Crippen LogP contribution in [0.15, 0.2) is 49.1 Å². The average Bonchev–Trinajstić information content (AvgIpc) is 3.00. The monoisotopic (exact) mass is 556 g/mol. The van der Waals surface area contributed by atoms with Gasteiger partial charge in [0, 0.05) is 62.0 Å². The summed E-state index contributed by atoms with van der Waals surface area (Å²) < 4.78 is 6.39. The molecule has 0 saturated carbocycles. The SMILES string of the molecule is C=CC(=O)N1CCN(c2nc(O[C@H](C)CN3CCCCC3)nc3c2CCN(c2cc(O)cc4ccccc24)C3)CC1. The summed E-state index contributed by atoms with van der Waals surface area (Å²) in [6, 6.07) is 12.2. The minimum Gasteiger partial charge on any atom is -0.508 e. The zero-order valence-corrected chi connectivity index (χ0v) is 24.0. The second kappa shape index (κ2) is 11.9. The maximum atomic E-state index is 12.2. The molecule has 1 aromatic heterocycles. The van der Waals surface area contributed by atoms with E-state index in [0.29, 0.717) is 38.7 Å².